The summed E-state index contributed by atoms with van der Waals surface area (Å²) < 4.78 is 0. The van der Waals surface area contributed by atoms with Gasteiger partial charge in [-0.15, -0.1) is 0 Å². The van der Waals surface area contributed by atoms with Gasteiger partial charge in [-0.25, -0.2) is 0 Å². The van der Waals surface area contributed by atoms with Crippen molar-refractivity contribution in [1.29, 1.82) is 0 Å². The monoisotopic (exact) mass is 286 g/mol. The summed E-state index contributed by atoms with van der Waals surface area (Å²) >= 11 is 0. The van der Waals surface area contributed by atoms with Crippen LogP contribution < -0.4 is 5.32 Å². The highest BCUT2D eigenvalue weighted by Gasteiger charge is 2.28. The average molecular weight is 286 g/mol. The summed E-state index contributed by atoms with van der Waals surface area (Å²) in [5.74, 6) is 0.921. The Morgan fingerprint density at radius 2 is 1.71 bits per heavy atom. The van der Waals surface area contributed by atoms with Gasteiger partial charge in [-0.1, -0.05) is 12.1 Å². The third-order valence-electron chi connectivity index (χ3n) is 5.65. The minimum absolute atomic E-state index is 0.815. The second-order valence-corrected chi connectivity index (χ2v) is 7.18. The fourth-order valence-corrected chi connectivity index (χ4v) is 4.06. The summed E-state index contributed by atoms with van der Waals surface area (Å²) in [5.41, 5.74) is 5.83. The number of nitrogens with one attached hydrogen (secondary N) is 1. The van der Waals surface area contributed by atoms with Crippen LogP contribution in [0.5, 0.6) is 0 Å². The van der Waals surface area contributed by atoms with E-state index in [1.54, 1.807) is 0 Å². The Balaban J connectivity index is 1.56. The zero-order valence-electron chi connectivity index (χ0n) is 13.9. The summed E-state index contributed by atoms with van der Waals surface area (Å²) in [5, 5.41) is 3.70. The lowest BCUT2D eigenvalue weighted by molar-refractivity contribution is 0.157. The largest absolute Gasteiger partial charge is 0.314 e. The van der Waals surface area contributed by atoms with Gasteiger partial charge in [0.2, 0.25) is 0 Å². The smallest absolute Gasteiger partial charge is 0.0236 e. The van der Waals surface area contributed by atoms with Gasteiger partial charge in [0, 0.05) is 12.6 Å². The molecule has 1 aromatic carbocycles. The maximum absolute atomic E-state index is 3.70. The molecule has 0 radical (unpaired) electrons. The summed E-state index contributed by atoms with van der Waals surface area (Å²) in [4.78, 5) is 2.66. The molecule has 0 aliphatic carbocycles. The Morgan fingerprint density at radius 1 is 1.00 bits per heavy atom. The molecule has 1 N–H and O–H groups in total. The molecular formula is C19H30N2. The van der Waals surface area contributed by atoms with E-state index in [1.807, 2.05) is 0 Å². The molecular weight excluding hydrogens is 256 g/mol. The molecule has 0 saturated carbocycles. The summed E-state index contributed by atoms with van der Waals surface area (Å²) in [7, 11) is 0. The second kappa shape index (κ2) is 6.50. The van der Waals surface area contributed by atoms with Gasteiger partial charge in [0.25, 0.3) is 0 Å². The number of piperidine rings is 1. The number of rotatable bonds is 3. The number of hydrogen-bond donors (Lipinski definition) is 1. The molecule has 1 atom stereocenters. The van der Waals surface area contributed by atoms with Gasteiger partial charge >= 0.3 is 0 Å². The van der Waals surface area contributed by atoms with Crippen LogP contribution in [0.2, 0.25) is 0 Å². The lowest BCUT2D eigenvalue weighted by Crippen LogP contribution is -2.40. The van der Waals surface area contributed by atoms with Crippen LogP contribution in [0.3, 0.4) is 0 Å². The first-order valence-electron chi connectivity index (χ1n) is 8.66. The van der Waals surface area contributed by atoms with Crippen LogP contribution in [0.25, 0.3) is 0 Å². The molecule has 2 heterocycles. The summed E-state index contributed by atoms with van der Waals surface area (Å²) in [6, 6.07) is 5.56. The Kier molecular flexibility index (Phi) is 4.66. The van der Waals surface area contributed by atoms with Gasteiger partial charge in [0.15, 0.2) is 0 Å². The minimum Gasteiger partial charge on any atom is -0.314 e. The molecule has 116 valence electrons. The zero-order valence-corrected chi connectivity index (χ0v) is 13.9. The van der Waals surface area contributed by atoms with Gasteiger partial charge in [-0.05, 0) is 94.3 Å². The van der Waals surface area contributed by atoms with Crippen molar-refractivity contribution in [2.24, 2.45) is 5.92 Å². The Hall–Kier alpha value is -0.860. The Labute approximate surface area is 129 Å². The Morgan fingerprint density at radius 3 is 2.38 bits per heavy atom. The van der Waals surface area contributed by atoms with Crippen LogP contribution in [0.1, 0.15) is 47.9 Å². The number of benzene rings is 1. The van der Waals surface area contributed by atoms with Crippen LogP contribution in [-0.4, -0.2) is 30.6 Å². The van der Waals surface area contributed by atoms with Crippen molar-refractivity contribution >= 4 is 0 Å². The van der Waals surface area contributed by atoms with Crippen LogP contribution in [0.15, 0.2) is 12.1 Å². The average Bonchev–Trinajstić information content (AvgIpc) is 3.00. The van der Waals surface area contributed by atoms with Gasteiger partial charge in [-0.2, -0.15) is 0 Å². The number of likely N-dealkylation sites (tertiary alicyclic amines) is 1. The van der Waals surface area contributed by atoms with E-state index in [1.165, 1.54) is 67.6 Å². The van der Waals surface area contributed by atoms with Crippen LogP contribution >= 0.6 is 0 Å². The van der Waals surface area contributed by atoms with E-state index in [4.69, 9.17) is 0 Å². The van der Waals surface area contributed by atoms with Crippen molar-refractivity contribution in [3.8, 4) is 0 Å². The van der Waals surface area contributed by atoms with Crippen molar-refractivity contribution in [3.05, 3.63) is 34.4 Å². The third-order valence-corrected chi connectivity index (χ3v) is 5.65. The molecule has 0 bridgehead atoms. The highest BCUT2D eigenvalue weighted by molar-refractivity contribution is 5.36. The standard InChI is InChI=1S/C19H30N2/c1-14-11-16(3)18(12-15(14)2)13-21-9-6-17(7-10-21)19-5-4-8-20-19/h11-12,17,19-20H,4-10,13H2,1-3H3. The highest BCUT2D eigenvalue weighted by Crippen LogP contribution is 2.27. The first-order chi connectivity index (χ1) is 10.1. The molecule has 0 aromatic heterocycles. The molecule has 2 nitrogen and oxygen atoms in total. The van der Waals surface area contributed by atoms with E-state index in [2.05, 4.69) is 43.1 Å². The molecule has 2 fully saturated rings. The lowest BCUT2D eigenvalue weighted by atomic mass is 9.88. The maximum Gasteiger partial charge on any atom is 0.0236 e. The second-order valence-electron chi connectivity index (χ2n) is 7.18. The quantitative estimate of drug-likeness (QED) is 0.913. The highest BCUT2D eigenvalue weighted by atomic mass is 15.1. The molecule has 1 aromatic rings. The molecule has 1 unspecified atom stereocenters. The molecule has 21 heavy (non-hydrogen) atoms. The maximum atomic E-state index is 3.70. The molecule has 0 amide bonds. The normalized spacial score (nSPS) is 24.6. The minimum atomic E-state index is 0.815. The van der Waals surface area contributed by atoms with Crippen molar-refractivity contribution in [2.75, 3.05) is 19.6 Å². The molecule has 3 rings (SSSR count). The van der Waals surface area contributed by atoms with Crippen LogP contribution in [0.4, 0.5) is 0 Å². The SMILES string of the molecule is Cc1cc(C)c(CN2CCC(C3CCCN3)CC2)cc1C. The van der Waals surface area contributed by atoms with Crippen molar-refractivity contribution in [3.63, 3.8) is 0 Å². The number of nitrogens with zero attached hydrogens (tertiary/aromatic N) is 1. The van der Waals surface area contributed by atoms with E-state index in [0.717, 1.165) is 18.5 Å². The molecule has 2 saturated heterocycles. The number of aryl methyl sites for hydroxylation is 3. The van der Waals surface area contributed by atoms with E-state index < -0.39 is 0 Å². The van der Waals surface area contributed by atoms with Crippen molar-refractivity contribution in [1.82, 2.24) is 10.2 Å². The van der Waals surface area contributed by atoms with E-state index in [-0.39, 0.29) is 0 Å². The van der Waals surface area contributed by atoms with Gasteiger partial charge in [0.1, 0.15) is 0 Å². The van der Waals surface area contributed by atoms with Gasteiger partial charge in [-0.3, -0.25) is 4.90 Å². The fourth-order valence-electron chi connectivity index (χ4n) is 4.06. The van der Waals surface area contributed by atoms with E-state index >= 15 is 0 Å². The predicted molar refractivity (Wildman–Crippen MR) is 89.7 cm³/mol. The zero-order chi connectivity index (χ0) is 14.8. The van der Waals surface area contributed by atoms with Crippen LogP contribution in [0, 0.1) is 26.7 Å². The summed E-state index contributed by atoms with van der Waals surface area (Å²) in [6.45, 7) is 11.6. The van der Waals surface area contributed by atoms with Crippen molar-refractivity contribution < 1.29 is 0 Å². The van der Waals surface area contributed by atoms with E-state index in [0.29, 0.717) is 0 Å². The molecule has 0 spiro atoms. The van der Waals surface area contributed by atoms with Gasteiger partial charge in [0.05, 0.1) is 0 Å². The topological polar surface area (TPSA) is 15.3 Å². The molecule has 2 aliphatic rings. The summed E-state index contributed by atoms with van der Waals surface area (Å²) in [6.07, 6.45) is 5.54. The lowest BCUT2D eigenvalue weighted by Gasteiger charge is -2.35. The first-order valence-corrected chi connectivity index (χ1v) is 8.66. The molecule has 2 aliphatic heterocycles. The first kappa shape index (κ1) is 15.1. The van der Waals surface area contributed by atoms with Crippen molar-refractivity contribution in [2.45, 2.75) is 59.0 Å². The van der Waals surface area contributed by atoms with Crippen LogP contribution in [-0.2, 0) is 6.54 Å². The third kappa shape index (κ3) is 3.49. The fraction of sp³-hybridized carbons (Fsp3) is 0.684. The van der Waals surface area contributed by atoms with E-state index in [9.17, 15) is 0 Å². The number of hydrogen-bond acceptors (Lipinski definition) is 2. The van der Waals surface area contributed by atoms with Gasteiger partial charge < -0.3 is 5.32 Å². The predicted octanol–water partition coefficient (Wildman–Crippen LogP) is 3.58. The Bertz CT molecular complexity index is 481. The molecule has 2 heteroatoms.